The van der Waals surface area contributed by atoms with E-state index in [1.807, 2.05) is 0 Å². The molecule has 0 amide bonds. The van der Waals surface area contributed by atoms with Crippen molar-refractivity contribution in [3.63, 3.8) is 0 Å². The summed E-state index contributed by atoms with van der Waals surface area (Å²) in [5, 5.41) is 7.80. The number of benzene rings is 1. The molecule has 0 aliphatic rings. The van der Waals surface area contributed by atoms with E-state index in [1.165, 1.54) is 11.8 Å². The first-order valence-electron chi connectivity index (χ1n) is 5.86. The second-order valence-electron chi connectivity index (χ2n) is 3.92. The molecule has 0 bridgehead atoms. The molecule has 1 aromatic carbocycles. The van der Waals surface area contributed by atoms with Gasteiger partial charge < -0.3 is 14.2 Å². The van der Waals surface area contributed by atoms with Gasteiger partial charge in [-0.1, -0.05) is 5.21 Å². The van der Waals surface area contributed by atoms with Gasteiger partial charge in [0.1, 0.15) is 22.9 Å². The summed E-state index contributed by atoms with van der Waals surface area (Å²) in [6.07, 6.45) is 0.647. The number of methoxy groups -OCH3 is 3. The van der Waals surface area contributed by atoms with E-state index in [1.54, 1.807) is 32.4 Å². The van der Waals surface area contributed by atoms with Gasteiger partial charge in [-0.2, -0.15) is 0 Å². The quantitative estimate of drug-likeness (QED) is 0.739. The highest BCUT2D eigenvalue weighted by molar-refractivity contribution is 5.73. The zero-order valence-corrected chi connectivity index (χ0v) is 11.5. The molecule has 0 aliphatic heterocycles. The van der Waals surface area contributed by atoms with Gasteiger partial charge in [0.05, 0.1) is 20.8 Å². The minimum Gasteiger partial charge on any atom is -0.497 e. The third-order valence-corrected chi connectivity index (χ3v) is 2.80. The van der Waals surface area contributed by atoms with Crippen LogP contribution < -0.4 is 9.47 Å². The molecule has 0 aliphatic carbocycles. The molecule has 7 heteroatoms. The number of carbonyl (C=O) groups excluding carboxylic acids is 1. The first-order valence-corrected chi connectivity index (χ1v) is 5.86. The Balaban J connectivity index is 2.55. The van der Waals surface area contributed by atoms with E-state index in [-0.39, 0.29) is 12.3 Å². The van der Waals surface area contributed by atoms with Gasteiger partial charge in [0.25, 0.3) is 0 Å². The number of nitrogens with zero attached hydrogens (tertiary/aromatic N) is 3. The predicted octanol–water partition coefficient (Wildman–Crippen LogP) is 1.24. The highest BCUT2D eigenvalue weighted by Crippen LogP contribution is 2.28. The van der Waals surface area contributed by atoms with E-state index in [0.717, 1.165) is 0 Å². The lowest BCUT2D eigenvalue weighted by Crippen LogP contribution is -2.06. The van der Waals surface area contributed by atoms with E-state index in [9.17, 15) is 4.79 Å². The SMILES string of the molecule is COCc1c(C=O)nnn1-c1ccc(OC)cc1OC. The van der Waals surface area contributed by atoms with E-state index in [4.69, 9.17) is 14.2 Å². The fourth-order valence-corrected chi connectivity index (χ4v) is 1.83. The highest BCUT2D eigenvalue weighted by atomic mass is 16.5. The number of aromatic nitrogens is 3. The monoisotopic (exact) mass is 277 g/mol. The smallest absolute Gasteiger partial charge is 0.172 e. The van der Waals surface area contributed by atoms with Crippen LogP contribution in [0, 0.1) is 0 Å². The summed E-state index contributed by atoms with van der Waals surface area (Å²) in [6, 6.07) is 5.28. The molecule has 0 radical (unpaired) electrons. The Morgan fingerprint density at radius 2 is 2.05 bits per heavy atom. The third-order valence-electron chi connectivity index (χ3n) is 2.80. The topological polar surface area (TPSA) is 75.5 Å². The van der Waals surface area contributed by atoms with E-state index in [0.29, 0.717) is 29.2 Å². The van der Waals surface area contributed by atoms with Crippen LogP contribution in [0.4, 0.5) is 0 Å². The molecule has 7 nitrogen and oxygen atoms in total. The van der Waals surface area contributed by atoms with Crippen molar-refractivity contribution in [2.24, 2.45) is 0 Å². The van der Waals surface area contributed by atoms with Crippen molar-refractivity contribution in [1.29, 1.82) is 0 Å². The number of hydrogen-bond acceptors (Lipinski definition) is 6. The van der Waals surface area contributed by atoms with E-state index >= 15 is 0 Å². The van der Waals surface area contributed by atoms with Crippen LogP contribution in [0.15, 0.2) is 18.2 Å². The number of aldehydes is 1. The van der Waals surface area contributed by atoms with Crippen LogP contribution in [-0.2, 0) is 11.3 Å². The minimum atomic E-state index is 0.219. The second-order valence-corrected chi connectivity index (χ2v) is 3.92. The minimum absolute atomic E-state index is 0.219. The summed E-state index contributed by atoms with van der Waals surface area (Å²) in [7, 11) is 4.66. The molecule has 2 rings (SSSR count). The number of ether oxygens (including phenoxy) is 3. The number of hydrogen-bond donors (Lipinski definition) is 0. The molecule has 106 valence electrons. The largest absolute Gasteiger partial charge is 0.497 e. The summed E-state index contributed by atoms with van der Waals surface area (Å²) in [5.41, 5.74) is 1.46. The molecule has 0 unspecified atom stereocenters. The molecule has 20 heavy (non-hydrogen) atoms. The third kappa shape index (κ3) is 2.48. The Labute approximate surface area is 116 Å². The molecule has 1 heterocycles. The standard InChI is InChI=1S/C13H15N3O4/c1-18-8-12-10(7-17)14-15-16(12)11-5-4-9(19-2)6-13(11)20-3/h4-7H,8H2,1-3H3. The lowest BCUT2D eigenvalue weighted by molar-refractivity contribution is 0.111. The molecule has 0 saturated carbocycles. The highest BCUT2D eigenvalue weighted by Gasteiger charge is 2.17. The Morgan fingerprint density at radius 1 is 1.25 bits per heavy atom. The maximum atomic E-state index is 11.0. The fraction of sp³-hybridized carbons (Fsp3) is 0.308. The van der Waals surface area contributed by atoms with Crippen LogP contribution in [0.3, 0.4) is 0 Å². The molecule has 0 spiro atoms. The summed E-state index contributed by atoms with van der Waals surface area (Å²) < 4.78 is 17.1. The van der Waals surface area contributed by atoms with Crippen molar-refractivity contribution in [3.8, 4) is 17.2 Å². The molecule has 2 aromatic rings. The van der Waals surface area contributed by atoms with Crippen LogP contribution in [0.25, 0.3) is 5.69 Å². The zero-order chi connectivity index (χ0) is 14.5. The van der Waals surface area contributed by atoms with Crippen LogP contribution in [-0.4, -0.2) is 42.6 Å². The predicted molar refractivity (Wildman–Crippen MR) is 70.6 cm³/mol. The van der Waals surface area contributed by atoms with Gasteiger partial charge in [-0.15, -0.1) is 5.10 Å². The Morgan fingerprint density at radius 3 is 2.65 bits per heavy atom. The molecule has 0 atom stereocenters. The summed E-state index contributed by atoms with van der Waals surface area (Å²) in [6.45, 7) is 0.219. The van der Waals surface area contributed by atoms with Gasteiger partial charge in [-0.05, 0) is 12.1 Å². The second kappa shape index (κ2) is 6.16. The number of carbonyl (C=O) groups is 1. The van der Waals surface area contributed by atoms with Crippen LogP contribution in [0.2, 0.25) is 0 Å². The van der Waals surface area contributed by atoms with Crippen LogP contribution in [0.5, 0.6) is 11.5 Å². The van der Waals surface area contributed by atoms with Crippen molar-refractivity contribution < 1.29 is 19.0 Å². The van der Waals surface area contributed by atoms with Crippen LogP contribution in [0.1, 0.15) is 16.2 Å². The maximum absolute atomic E-state index is 11.0. The van der Waals surface area contributed by atoms with Gasteiger partial charge in [0.2, 0.25) is 0 Å². The molecule has 0 N–H and O–H groups in total. The first kappa shape index (κ1) is 14.0. The maximum Gasteiger partial charge on any atom is 0.172 e. The van der Waals surface area contributed by atoms with Gasteiger partial charge in [-0.25, -0.2) is 4.68 Å². The first-order chi connectivity index (χ1) is 9.74. The van der Waals surface area contributed by atoms with Gasteiger partial charge in [0.15, 0.2) is 12.0 Å². The van der Waals surface area contributed by atoms with Gasteiger partial charge >= 0.3 is 0 Å². The van der Waals surface area contributed by atoms with E-state index < -0.39 is 0 Å². The Hall–Kier alpha value is -2.41. The normalized spacial score (nSPS) is 10.3. The van der Waals surface area contributed by atoms with Crippen molar-refractivity contribution in [2.45, 2.75) is 6.61 Å². The van der Waals surface area contributed by atoms with Crippen molar-refractivity contribution >= 4 is 6.29 Å². The summed E-state index contributed by atoms with van der Waals surface area (Å²) in [4.78, 5) is 11.0. The Kier molecular flexibility index (Phi) is 4.31. The van der Waals surface area contributed by atoms with Crippen molar-refractivity contribution in [2.75, 3.05) is 21.3 Å². The zero-order valence-electron chi connectivity index (χ0n) is 11.5. The van der Waals surface area contributed by atoms with E-state index in [2.05, 4.69) is 10.3 Å². The molecular formula is C13H15N3O4. The summed E-state index contributed by atoms with van der Waals surface area (Å²) >= 11 is 0. The van der Waals surface area contributed by atoms with Crippen molar-refractivity contribution in [1.82, 2.24) is 15.0 Å². The fourth-order valence-electron chi connectivity index (χ4n) is 1.83. The number of rotatable bonds is 6. The Bertz CT molecular complexity index is 610. The summed E-state index contributed by atoms with van der Waals surface area (Å²) in [5.74, 6) is 1.22. The van der Waals surface area contributed by atoms with Gasteiger partial charge in [-0.3, -0.25) is 4.79 Å². The average molecular weight is 277 g/mol. The molecule has 0 fully saturated rings. The van der Waals surface area contributed by atoms with Crippen molar-refractivity contribution in [3.05, 3.63) is 29.6 Å². The lowest BCUT2D eigenvalue weighted by atomic mass is 10.2. The van der Waals surface area contributed by atoms with Crippen LogP contribution >= 0.6 is 0 Å². The molecule has 1 aromatic heterocycles. The molecule has 0 saturated heterocycles. The average Bonchev–Trinajstić information content (AvgIpc) is 2.89. The lowest BCUT2D eigenvalue weighted by Gasteiger charge is -2.12. The molecular weight excluding hydrogens is 262 g/mol. The van der Waals surface area contributed by atoms with Gasteiger partial charge in [0, 0.05) is 13.2 Å².